The molecule has 0 heterocycles. The molecule has 0 amide bonds. The van der Waals surface area contributed by atoms with Crippen LogP contribution in [0.3, 0.4) is 0 Å². The van der Waals surface area contributed by atoms with Gasteiger partial charge in [-0.15, -0.1) is 0 Å². The molecule has 1 aliphatic carbocycles. The van der Waals surface area contributed by atoms with E-state index in [9.17, 15) is 28.5 Å². The van der Waals surface area contributed by atoms with Crippen molar-refractivity contribution < 1.29 is 38.4 Å². The van der Waals surface area contributed by atoms with Crippen LogP contribution in [0, 0.1) is 11.8 Å². The summed E-state index contributed by atoms with van der Waals surface area (Å²) < 4.78 is 31.5. The fourth-order valence-corrected chi connectivity index (χ4v) is 2.73. The number of carbonyl (C=O) groups excluding carboxylic acids is 1. The average molecular weight is 349 g/mol. The lowest BCUT2D eigenvalue weighted by atomic mass is 9.77. The van der Waals surface area contributed by atoms with E-state index in [2.05, 4.69) is 13.8 Å². The highest BCUT2D eigenvalue weighted by Crippen LogP contribution is 2.41. The van der Waals surface area contributed by atoms with Crippen molar-refractivity contribution >= 4 is 5.97 Å². The molecule has 1 aromatic carbocycles. The van der Waals surface area contributed by atoms with Crippen molar-refractivity contribution in [1.82, 2.24) is 0 Å². The van der Waals surface area contributed by atoms with E-state index in [1.54, 1.807) is 6.07 Å². The number of hydrogen-bond donors (Lipinski definition) is 3. The predicted molar refractivity (Wildman–Crippen MR) is 77.1 cm³/mol. The van der Waals surface area contributed by atoms with Gasteiger partial charge in [-0.3, -0.25) is 0 Å². The van der Waals surface area contributed by atoms with Crippen molar-refractivity contribution in [1.29, 1.82) is 0 Å². The van der Waals surface area contributed by atoms with Gasteiger partial charge in [0.05, 0.1) is 6.10 Å². The number of carboxylic acid groups (broad SMARTS) is 1. The zero-order chi connectivity index (χ0) is 18.7. The Hall–Kier alpha value is -1.96. The minimum atomic E-state index is -5.19. The van der Waals surface area contributed by atoms with E-state index in [1.165, 1.54) is 6.07 Å². The summed E-state index contributed by atoms with van der Waals surface area (Å²) in [5.74, 6) is -2.44. The highest BCUT2D eigenvalue weighted by molar-refractivity contribution is 5.70. The third-order valence-electron chi connectivity index (χ3n) is 3.79. The Morgan fingerprint density at radius 1 is 1.29 bits per heavy atom. The van der Waals surface area contributed by atoms with Gasteiger partial charge >= 0.3 is 6.18 Å². The molecule has 0 saturated heterocycles. The molecule has 0 spiro atoms. The number of fused-ring (bicyclic) bond motifs is 1. The molecule has 1 aliphatic rings. The molecule has 2 unspecified atom stereocenters. The lowest BCUT2D eigenvalue weighted by Gasteiger charge is -2.31. The van der Waals surface area contributed by atoms with Gasteiger partial charge < -0.3 is 25.2 Å². The van der Waals surface area contributed by atoms with Crippen LogP contribution in [0.15, 0.2) is 12.1 Å². The molecule has 0 aliphatic heterocycles. The van der Waals surface area contributed by atoms with Gasteiger partial charge in [0, 0.05) is 0 Å². The summed E-state index contributed by atoms with van der Waals surface area (Å²) in [5.41, 5.74) is 1.73. The second kappa shape index (κ2) is 7.74. The first-order valence-corrected chi connectivity index (χ1v) is 7.44. The summed E-state index contributed by atoms with van der Waals surface area (Å²) in [4.78, 5) is 8.78. The van der Waals surface area contributed by atoms with Crippen molar-refractivity contribution in [3.05, 3.63) is 23.3 Å². The maximum absolute atomic E-state index is 10.5. The number of halogens is 3. The summed E-state index contributed by atoms with van der Waals surface area (Å²) in [6.45, 7) is 4.30. The van der Waals surface area contributed by atoms with Crippen LogP contribution < -0.4 is 5.11 Å². The molecule has 2 rings (SSSR count). The molecule has 136 valence electrons. The summed E-state index contributed by atoms with van der Waals surface area (Å²) >= 11 is 0. The molecule has 2 atom stereocenters. The number of phenols is 2. The van der Waals surface area contributed by atoms with E-state index >= 15 is 0 Å². The number of aliphatic hydroxyl groups excluding tert-OH is 1. The molecule has 5 nitrogen and oxygen atoms in total. The maximum atomic E-state index is 10.5. The van der Waals surface area contributed by atoms with Gasteiger partial charge in [-0.2, -0.15) is 13.2 Å². The Morgan fingerprint density at radius 3 is 2.25 bits per heavy atom. The van der Waals surface area contributed by atoms with E-state index in [1.807, 2.05) is 0 Å². The monoisotopic (exact) mass is 349 g/mol. The van der Waals surface area contributed by atoms with Gasteiger partial charge in [-0.05, 0) is 54.4 Å². The molecule has 0 radical (unpaired) electrons. The van der Waals surface area contributed by atoms with Gasteiger partial charge in [-0.25, -0.2) is 0 Å². The van der Waals surface area contributed by atoms with Gasteiger partial charge in [0.25, 0.3) is 0 Å². The summed E-state index contributed by atoms with van der Waals surface area (Å²) in [6, 6.07) is 3.07. The van der Waals surface area contributed by atoms with E-state index in [4.69, 9.17) is 9.90 Å². The Labute approximate surface area is 137 Å². The number of aliphatic carboxylic acids is 1. The largest absolute Gasteiger partial charge is 0.542 e. The summed E-state index contributed by atoms with van der Waals surface area (Å²) in [5, 5.41) is 38.0. The van der Waals surface area contributed by atoms with Gasteiger partial charge in [0.15, 0.2) is 11.5 Å². The van der Waals surface area contributed by atoms with Gasteiger partial charge in [0.1, 0.15) is 5.97 Å². The Bertz CT molecular complexity index is 584. The molecule has 24 heavy (non-hydrogen) atoms. The third kappa shape index (κ3) is 5.30. The van der Waals surface area contributed by atoms with E-state index in [-0.39, 0.29) is 17.4 Å². The molecule has 8 heteroatoms. The van der Waals surface area contributed by atoms with Crippen molar-refractivity contribution in [3.63, 3.8) is 0 Å². The molecular weight excluding hydrogens is 329 g/mol. The van der Waals surface area contributed by atoms with Gasteiger partial charge in [0.2, 0.25) is 0 Å². The summed E-state index contributed by atoms with van der Waals surface area (Å²) in [7, 11) is 0. The number of aliphatic hydroxyl groups is 1. The topological polar surface area (TPSA) is 101 Å². The molecule has 1 aromatic rings. The first-order valence-electron chi connectivity index (χ1n) is 7.44. The van der Waals surface area contributed by atoms with Crippen LogP contribution in [-0.2, 0) is 11.2 Å². The predicted octanol–water partition coefficient (Wildman–Crippen LogP) is 2.04. The van der Waals surface area contributed by atoms with E-state index in [0.717, 1.165) is 30.4 Å². The number of phenolic OH excluding ortho intramolecular Hbond substituents is 2. The second-order valence-electron chi connectivity index (χ2n) is 6.20. The van der Waals surface area contributed by atoms with E-state index in [0.29, 0.717) is 5.92 Å². The normalized spacial score (nSPS) is 20.1. The van der Waals surface area contributed by atoms with Gasteiger partial charge in [-0.1, -0.05) is 13.8 Å². The number of benzene rings is 1. The van der Waals surface area contributed by atoms with Crippen LogP contribution in [-0.4, -0.2) is 27.5 Å². The standard InChI is InChI=1S/C14H20O3.C2HF3O2/c1-8(2)5-10-4-3-9-6-12(15)13(16)7-11(9)14(10)17;3-2(4,5)1(6)7/h6-8,10,14-17H,3-5H2,1-2H3;(H,6,7)/p-1. The minimum Gasteiger partial charge on any atom is -0.542 e. The Morgan fingerprint density at radius 2 is 1.79 bits per heavy atom. The van der Waals surface area contributed by atoms with Crippen LogP contribution in [0.1, 0.15) is 43.9 Å². The Kier molecular flexibility index (Phi) is 6.48. The van der Waals surface area contributed by atoms with E-state index < -0.39 is 18.2 Å². The van der Waals surface area contributed by atoms with Crippen LogP contribution in [0.25, 0.3) is 0 Å². The average Bonchev–Trinajstić information content (AvgIpc) is 2.44. The van der Waals surface area contributed by atoms with Crippen molar-refractivity contribution in [2.24, 2.45) is 11.8 Å². The number of aromatic hydroxyl groups is 2. The van der Waals surface area contributed by atoms with Crippen molar-refractivity contribution in [3.8, 4) is 11.5 Å². The number of hydrogen-bond acceptors (Lipinski definition) is 5. The lowest BCUT2D eigenvalue weighted by Crippen LogP contribution is -2.37. The molecule has 0 fully saturated rings. The minimum absolute atomic E-state index is 0.0988. The summed E-state index contributed by atoms with van der Waals surface area (Å²) in [6.07, 6.45) is -2.93. The van der Waals surface area contributed by atoms with Crippen LogP contribution in [0.4, 0.5) is 13.2 Å². The van der Waals surface area contributed by atoms with Crippen LogP contribution >= 0.6 is 0 Å². The molecular formula is C16H20F3O5-. The van der Waals surface area contributed by atoms with Crippen LogP contribution in [0.2, 0.25) is 0 Å². The lowest BCUT2D eigenvalue weighted by molar-refractivity contribution is -0.344. The zero-order valence-corrected chi connectivity index (χ0v) is 13.3. The van der Waals surface area contributed by atoms with Crippen LogP contribution in [0.5, 0.6) is 11.5 Å². The number of alkyl halides is 3. The zero-order valence-electron chi connectivity index (χ0n) is 13.3. The number of carbonyl (C=O) groups is 1. The SMILES string of the molecule is CC(C)CC1CCc2cc(O)c(O)cc2C1O.O=C([O-])C(F)(F)F. The quantitative estimate of drug-likeness (QED) is 0.710. The first kappa shape index (κ1) is 20.1. The van der Waals surface area contributed by atoms with Crippen molar-refractivity contribution in [2.75, 3.05) is 0 Å². The number of rotatable bonds is 2. The third-order valence-corrected chi connectivity index (χ3v) is 3.79. The first-order chi connectivity index (χ1) is 10.9. The maximum Gasteiger partial charge on any atom is 0.430 e. The molecule has 0 bridgehead atoms. The fourth-order valence-electron chi connectivity index (χ4n) is 2.73. The highest BCUT2D eigenvalue weighted by Gasteiger charge is 2.29. The number of aryl methyl sites for hydroxylation is 1. The number of carboxylic acids is 1. The van der Waals surface area contributed by atoms with Crippen molar-refractivity contribution in [2.45, 2.75) is 45.4 Å². The molecule has 0 saturated carbocycles. The Balaban J connectivity index is 0.000000351. The fraction of sp³-hybridized carbons (Fsp3) is 0.562. The molecule has 3 N–H and O–H groups in total. The second-order valence-corrected chi connectivity index (χ2v) is 6.20. The smallest absolute Gasteiger partial charge is 0.430 e. The molecule has 0 aromatic heterocycles. The highest BCUT2D eigenvalue weighted by atomic mass is 19.4.